The molecular weight excluding hydrogens is 250 g/mol. The lowest BCUT2D eigenvalue weighted by molar-refractivity contribution is 0.309. The zero-order chi connectivity index (χ0) is 13.3. The van der Waals surface area contributed by atoms with Crippen LogP contribution in [-0.4, -0.2) is 33.1 Å². The number of hydrogen-bond acceptors (Lipinski definition) is 4. The summed E-state index contributed by atoms with van der Waals surface area (Å²) in [5, 5.41) is 0. The molecule has 18 heavy (non-hydrogen) atoms. The molecule has 0 bridgehead atoms. The highest BCUT2D eigenvalue weighted by Gasteiger charge is 2.09. The van der Waals surface area contributed by atoms with Gasteiger partial charge in [-0.1, -0.05) is 18.2 Å². The maximum atomic E-state index is 11.5. The zero-order valence-corrected chi connectivity index (χ0v) is 11.4. The van der Waals surface area contributed by atoms with Crippen LogP contribution < -0.4 is 10.5 Å². The maximum absolute atomic E-state index is 11.5. The van der Waals surface area contributed by atoms with Gasteiger partial charge in [0, 0.05) is 0 Å². The lowest BCUT2D eigenvalue weighted by Crippen LogP contribution is -2.15. The van der Waals surface area contributed by atoms with E-state index in [0.717, 1.165) is 12.2 Å². The molecule has 0 atom stereocenters. The maximum Gasteiger partial charge on any atom is 0.150 e. The molecule has 0 aliphatic heterocycles. The van der Waals surface area contributed by atoms with Gasteiger partial charge in [-0.05, 0) is 37.9 Å². The highest BCUT2D eigenvalue weighted by atomic mass is 32.2. The van der Waals surface area contributed by atoms with Crippen molar-refractivity contribution in [1.29, 1.82) is 0 Å². The van der Waals surface area contributed by atoms with Crippen molar-refractivity contribution in [3.63, 3.8) is 0 Å². The van der Waals surface area contributed by atoms with Crippen LogP contribution in [0.2, 0.25) is 0 Å². The van der Waals surface area contributed by atoms with Crippen molar-refractivity contribution in [2.24, 2.45) is 5.73 Å². The Bertz CT molecular complexity index is 417. The van der Waals surface area contributed by atoms with Gasteiger partial charge in [0.05, 0.1) is 18.1 Å². The second-order valence-corrected chi connectivity index (χ2v) is 6.47. The largest absolute Gasteiger partial charge is 0.494 e. The van der Waals surface area contributed by atoms with E-state index in [1.807, 2.05) is 30.3 Å². The fraction of sp³-hybridized carbons (Fsp3) is 0.538. The third-order valence-electron chi connectivity index (χ3n) is 2.52. The Morgan fingerprint density at radius 1 is 1.00 bits per heavy atom. The van der Waals surface area contributed by atoms with Crippen molar-refractivity contribution in [1.82, 2.24) is 0 Å². The van der Waals surface area contributed by atoms with E-state index in [9.17, 15) is 8.42 Å². The monoisotopic (exact) mass is 271 g/mol. The lowest BCUT2D eigenvalue weighted by Gasteiger charge is -2.06. The number of ether oxygens (including phenoxy) is 1. The van der Waals surface area contributed by atoms with E-state index in [-0.39, 0.29) is 11.5 Å². The second kappa shape index (κ2) is 8.11. The highest BCUT2D eigenvalue weighted by Crippen LogP contribution is 2.09. The summed E-state index contributed by atoms with van der Waals surface area (Å²) in [6.45, 7) is 0.979. The standard InChI is InChI=1S/C13H21NO3S/c14-9-6-12-18(15,16)11-5-4-10-17-13-7-2-1-3-8-13/h1-3,7-8H,4-6,9-12,14H2. The second-order valence-electron chi connectivity index (χ2n) is 4.16. The number of rotatable bonds is 9. The third kappa shape index (κ3) is 6.61. The summed E-state index contributed by atoms with van der Waals surface area (Å²) >= 11 is 0. The minimum absolute atomic E-state index is 0.197. The summed E-state index contributed by atoms with van der Waals surface area (Å²) in [5.74, 6) is 1.25. The summed E-state index contributed by atoms with van der Waals surface area (Å²) in [4.78, 5) is 0. The van der Waals surface area contributed by atoms with E-state index in [2.05, 4.69) is 0 Å². The summed E-state index contributed by atoms with van der Waals surface area (Å²) in [7, 11) is -2.92. The molecule has 0 saturated heterocycles. The van der Waals surface area contributed by atoms with E-state index >= 15 is 0 Å². The van der Waals surface area contributed by atoms with Gasteiger partial charge in [0.1, 0.15) is 15.6 Å². The highest BCUT2D eigenvalue weighted by molar-refractivity contribution is 7.91. The molecule has 0 unspecified atom stereocenters. The smallest absolute Gasteiger partial charge is 0.150 e. The van der Waals surface area contributed by atoms with E-state index in [1.165, 1.54) is 0 Å². The molecule has 0 heterocycles. The van der Waals surface area contributed by atoms with E-state index in [0.29, 0.717) is 26.0 Å². The molecule has 4 nitrogen and oxygen atoms in total. The predicted molar refractivity (Wildman–Crippen MR) is 73.5 cm³/mol. The molecule has 0 aliphatic rings. The van der Waals surface area contributed by atoms with Gasteiger partial charge in [-0.25, -0.2) is 8.42 Å². The first-order valence-corrected chi connectivity index (χ1v) is 8.04. The molecule has 0 fully saturated rings. The molecule has 0 saturated carbocycles. The normalized spacial score (nSPS) is 11.4. The quantitative estimate of drug-likeness (QED) is 0.693. The van der Waals surface area contributed by atoms with Crippen LogP contribution in [0.3, 0.4) is 0 Å². The first-order chi connectivity index (χ1) is 8.64. The van der Waals surface area contributed by atoms with Crippen molar-refractivity contribution >= 4 is 9.84 Å². The van der Waals surface area contributed by atoms with Gasteiger partial charge in [-0.3, -0.25) is 0 Å². The topological polar surface area (TPSA) is 69.4 Å². The van der Waals surface area contributed by atoms with Crippen LogP contribution in [0.1, 0.15) is 19.3 Å². The van der Waals surface area contributed by atoms with Crippen molar-refractivity contribution in [3.8, 4) is 5.75 Å². The number of para-hydroxylation sites is 1. The Morgan fingerprint density at radius 2 is 1.67 bits per heavy atom. The average molecular weight is 271 g/mol. The van der Waals surface area contributed by atoms with Gasteiger partial charge in [0.25, 0.3) is 0 Å². The molecule has 0 aliphatic carbocycles. The number of nitrogens with two attached hydrogens (primary N) is 1. The molecule has 5 heteroatoms. The van der Waals surface area contributed by atoms with Gasteiger partial charge in [0.2, 0.25) is 0 Å². The van der Waals surface area contributed by atoms with Crippen LogP contribution in [0.25, 0.3) is 0 Å². The SMILES string of the molecule is NCCCS(=O)(=O)CCCCOc1ccccc1. The number of benzene rings is 1. The molecular formula is C13H21NO3S. The van der Waals surface area contributed by atoms with Crippen molar-refractivity contribution in [2.45, 2.75) is 19.3 Å². The summed E-state index contributed by atoms with van der Waals surface area (Å²) in [6.07, 6.45) is 1.93. The van der Waals surface area contributed by atoms with Crippen molar-refractivity contribution in [2.75, 3.05) is 24.7 Å². The van der Waals surface area contributed by atoms with Crippen LogP contribution >= 0.6 is 0 Å². The molecule has 102 valence electrons. The molecule has 0 aromatic heterocycles. The van der Waals surface area contributed by atoms with Gasteiger partial charge >= 0.3 is 0 Å². The number of unbranched alkanes of at least 4 members (excludes halogenated alkanes) is 1. The first kappa shape index (κ1) is 15.0. The van der Waals surface area contributed by atoms with Gasteiger partial charge in [-0.15, -0.1) is 0 Å². The van der Waals surface area contributed by atoms with E-state index in [1.54, 1.807) is 0 Å². The Morgan fingerprint density at radius 3 is 2.33 bits per heavy atom. The average Bonchev–Trinajstić information content (AvgIpc) is 2.37. The van der Waals surface area contributed by atoms with E-state index in [4.69, 9.17) is 10.5 Å². The zero-order valence-electron chi connectivity index (χ0n) is 10.5. The lowest BCUT2D eigenvalue weighted by atomic mass is 10.3. The molecule has 0 spiro atoms. The Kier molecular flexibility index (Phi) is 6.75. The Labute approximate surface area is 109 Å². The van der Waals surface area contributed by atoms with Crippen LogP contribution in [0.15, 0.2) is 30.3 Å². The number of hydrogen-bond donors (Lipinski definition) is 1. The van der Waals surface area contributed by atoms with E-state index < -0.39 is 9.84 Å². The van der Waals surface area contributed by atoms with Gasteiger partial charge in [0.15, 0.2) is 0 Å². The fourth-order valence-electron chi connectivity index (χ4n) is 1.54. The molecule has 0 radical (unpaired) electrons. The van der Waals surface area contributed by atoms with Crippen LogP contribution in [0, 0.1) is 0 Å². The van der Waals surface area contributed by atoms with Gasteiger partial charge < -0.3 is 10.5 Å². The van der Waals surface area contributed by atoms with Crippen molar-refractivity contribution < 1.29 is 13.2 Å². The summed E-state index contributed by atoms with van der Waals surface area (Å²) < 4.78 is 28.5. The Balaban J connectivity index is 2.12. The minimum atomic E-state index is -2.92. The summed E-state index contributed by atoms with van der Waals surface area (Å²) in [6, 6.07) is 9.52. The molecule has 1 rings (SSSR count). The molecule has 0 amide bonds. The molecule has 2 N–H and O–H groups in total. The van der Waals surface area contributed by atoms with Gasteiger partial charge in [-0.2, -0.15) is 0 Å². The van der Waals surface area contributed by atoms with Crippen LogP contribution in [0.5, 0.6) is 5.75 Å². The molecule has 1 aromatic rings. The first-order valence-electron chi connectivity index (χ1n) is 6.22. The van der Waals surface area contributed by atoms with Crippen molar-refractivity contribution in [3.05, 3.63) is 30.3 Å². The van der Waals surface area contributed by atoms with Crippen LogP contribution in [-0.2, 0) is 9.84 Å². The van der Waals surface area contributed by atoms with Crippen LogP contribution in [0.4, 0.5) is 0 Å². The predicted octanol–water partition coefficient (Wildman–Crippen LogP) is 1.61. The Hall–Kier alpha value is -1.07. The minimum Gasteiger partial charge on any atom is -0.494 e. The number of sulfone groups is 1. The fourth-order valence-corrected chi connectivity index (χ4v) is 2.99. The third-order valence-corrected chi connectivity index (χ3v) is 4.34. The molecule has 1 aromatic carbocycles. The summed E-state index contributed by atoms with van der Waals surface area (Å²) in [5.41, 5.74) is 5.29.